The first-order valence-corrected chi connectivity index (χ1v) is 9.74. The molecule has 1 heterocycles. The molecule has 0 spiro atoms. The number of ether oxygens (including phenoxy) is 2. The number of hydrogen-bond acceptors (Lipinski definition) is 4. The third-order valence-corrected chi connectivity index (χ3v) is 5.71. The number of hydrogen-bond donors (Lipinski definition) is 0. The molecule has 0 aliphatic heterocycles. The highest BCUT2D eigenvalue weighted by atomic mass is 79.9. The monoisotopic (exact) mass is 434 g/mol. The molecule has 0 aliphatic carbocycles. The molecule has 0 aliphatic rings. The maximum absolute atomic E-state index is 12.6. The predicted octanol–water partition coefficient (Wildman–Crippen LogP) is 4.17. The van der Waals surface area contributed by atoms with Gasteiger partial charge in [-0.1, -0.05) is 23.5 Å². The van der Waals surface area contributed by atoms with Crippen molar-refractivity contribution in [3.05, 3.63) is 51.2 Å². The van der Waals surface area contributed by atoms with Crippen molar-refractivity contribution in [3.8, 4) is 11.5 Å². The van der Waals surface area contributed by atoms with Crippen LogP contribution < -0.4 is 14.3 Å². The Hall–Kier alpha value is -2.12. The molecule has 0 saturated carbocycles. The van der Waals surface area contributed by atoms with Crippen LogP contribution in [0.5, 0.6) is 11.5 Å². The Morgan fingerprint density at radius 1 is 1.23 bits per heavy atom. The molecule has 5 nitrogen and oxygen atoms in total. The van der Waals surface area contributed by atoms with Gasteiger partial charge in [0.05, 0.1) is 30.9 Å². The average molecular weight is 435 g/mol. The molecular weight excluding hydrogens is 416 g/mol. The Balaban J connectivity index is 1.97. The van der Waals surface area contributed by atoms with Crippen LogP contribution in [0.2, 0.25) is 0 Å². The van der Waals surface area contributed by atoms with Crippen molar-refractivity contribution in [1.29, 1.82) is 0 Å². The molecule has 1 amide bonds. The third kappa shape index (κ3) is 3.68. The molecule has 1 aromatic heterocycles. The van der Waals surface area contributed by atoms with Gasteiger partial charge in [0.2, 0.25) is 0 Å². The summed E-state index contributed by atoms with van der Waals surface area (Å²) in [6, 6.07) is 11.4. The maximum Gasteiger partial charge on any atom is 0.252 e. The van der Waals surface area contributed by atoms with Crippen LogP contribution in [0.1, 0.15) is 12.5 Å². The van der Waals surface area contributed by atoms with Crippen LogP contribution in [0.3, 0.4) is 0 Å². The molecule has 0 radical (unpaired) electrons. The molecule has 0 bridgehead atoms. The summed E-state index contributed by atoms with van der Waals surface area (Å²) >= 11 is 5.10. The zero-order valence-corrected chi connectivity index (χ0v) is 17.2. The molecule has 3 aromatic rings. The van der Waals surface area contributed by atoms with E-state index in [1.165, 1.54) is 11.3 Å². The lowest BCUT2D eigenvalue weighted by Crippen LogP contribution is -2.16. The Kier molecular flexibility index (Phi) is 5.78. The van der Waals surface area contributed by atoms with Crippen LogP contribution >= 0.6 is 27.3 Å². The summed E-state index contributed by atoms with van der Waals surface area (Å²) in [5.74, 6) is 1.10. The lowest BCUT2D eigenvalue weighted by molar-refractivity contribution is -0.117. The van der Waals surface area contributed by atoms with E-state index in [0.717, 1.165) is 26.8 Å². The number of thiazole rings is 1. The Morgan fingerprint density at radius 2 is 2.04 bits per heavy atom. The van der Waals surface area contributed by atoms with Crippen molar-refractivity contribution in [2.45, 2.75) is 19.9 Å². The molecule has 0 saturated heterocycles. The Morgan fingerprint density at radius 3 is 2.73 bits per heavy atom. The van der Waals surface area contributed by atoms with E-state index in [-0.39, 0.29) is 12.3 Å². The molecule has 136 valence electrons. The van der Waals surface area contributed by atoms with Crippen LogP contribution in [0.15, 0.2) is 45.9 Å². The summed E-state index contributed by atoms with van der Waals surface area (Å²) in [5.41, 5.74) is 1.85. The number of methoxy groups -OCH3 is 2. The fraction of sp³-hybridized carbons (Fsp3) is 0.263. The summed E-state index contributed by atoms with van der Waals surface area (Å²) in [6.07, 6.45) is 0.173. The summed E-state index contributed by atoms with van der Waals surface area (Å²) in [6.45, 7) is 2.78. The standard InChI is InChI=1S/C19H19BrN2O3S/c1-4-22-18-14(20)6-5-7-16(18)26-19(22)21-17(23)10-12-8-9-13(24-2)11-15(12)25-3/h5-9,11H,4,10H2,1-3H3. The van der Waals surface area contributed by atoms with Gasteiger partial charge in [-0.15, -0.1) is 0 Å². The average Bonchev–Trinajstić information content (AvgIpc) is 3.00. The first kappa shape index (κ1) is 18.7. The SMILES string of the molecule is CCn1c(=NC(=O)Cc2ccc(OC)cc2OC)sc2cccc(Br)c21. The summed E-state index contributed by atoms with van der Waals surface area (Å²) in [7, 11) is 3.17. The number of amides is 1. The number of fused-ring (bicyclic) bond motifs is 1. The number of aryl methyl sites for hydroxylation is 1. The second kappa shape index (κ2) is 8.05. The van der Waals surface area contributed by atoms with E-state index in [0.29, 0.717) is 16.3 Å². The van der Waals surface area contributed by atoms with Gasteiger partial charge in [0.25, 0.3) is 5.91 Å². The molecule has 0 N–H and O–H groups in total. The second-order valence-corrected chi connectivity index (χ2v) is 7.44. The van der Waals surface area contributed by atoms with E-state index in [9.17, 15) is 4.79 Å². The number of halogens is 1. The quantitative estimate of drug-likeness (QED) is 0.605. The van der Waals surface area contributed by atoms with Gasteiger partial charge in [0.15, 0.2) is 4.80 Å². The molecule has 0 atom stereocenters. The van der Waals surface area contributed by atoms with E-state index in [1.807, 2.05) is 41.8 Å². The zero-order valence-electron chi connectivity index (χ0n) is 14.8. The van der Waals surface area contributed by atoms with E-state index in [1.54, 1.807) is 20.3 Å². The molecule has 0 fully saturated rings. The van der Waals surface area contributed by atoms with E-state index >= 15 is 0 Å². The Bertz CT molecular complexity index is 1020. The third-order valence-electron chi connectivity index (χ3n) is 4.02. The van der Waals surface area contributed by atoms with Gasteiger partial charge in [-0.25, -0.2) is 0 Å². The summed E-state index contributed by atoms with van der Waals surface area (Å²) in [5, 5.41) is 0. The van der Waals surface area contributed by atoms with Crippen molar-refractivity contribution in [3.63, 3.8) is 0 Å². The van der Waals surface area contributed by atoms with Crippen LogP contribution in [-0.2, 0) is 17.8 Å². The highest BCUT2D eigenvalue weighted by Gasteiger charge is 2.12. The van der Waals surface area contributed by atoms with E-state index < -0.39 is 0 Å². The highest BCUT2D eigenvalue weighted by molar-refractivity contribution is 9.10. The van der Waals surface area contributed by atoms with Gasteiger partial charge < -0.3 is 14.0 Å². The van der Waals surface area contributed by atoms with Gasteiger partial charge in [0.1, 0.15) is 11.5 Å². The topological polar surface area (TPSA) is 52.8 Å². The zero-order chi connectivity index (χ0) is 18.7. The van der Waals surface area contributed by atoms with Crippen molar-refractivity contribution in [2.75, 3.05) is 14.2 Å². The van der Waals surface area contributed by atoms with Gasteiger partial charge in [-0.3, -0.25) is 4.79 Å². The van der Waals surface area contributed by atoms with Crippen LogP contribution in [0, 0.1) is 0 Å². The minimum absolute atomic E-state index is 0.173. The number of carbonyl (C=O) groups excluding carboxylic acids is 1. The van der Waals surface area contributed by atoms with Crippen LogP contribution in [-0.4, -0.2) is 24.7 Å². The number of carbonyl (C=O) groups is 1. The van der Waals surface area contributed by atoms with Crippen molar-refractivity contribution < 1.29 is 14.3 Å². The first-order chi connectivity index (χ1) is 12.6. The van der Waals surface area contributed by atoms with Gasteiger partial charge in [0, 0.05) is 22.6 Å². The van der Waals surface area contributed by atoms with E-state index in [4.69, 9.17) is 9.47 Å². The lowest BCUT2D eigenvalue weighted by Gasteiger charge is -2.08. The maximum atomic E-state index is 12.6. The molecule has 26 heavy (non-hydrogen) atoms. The smallest absolute Gasteiger partial charge is 0.252 e. The fourth-order valence-electron chi connectivity index (χ4n) is 2.77. The highest BCUT2D eigenvalue weighted by Crippen LogP contribution is 2.26. The van der Waals surface area contributed by atoms with Crippen LogP contribution in [0.4, 0.5) is 0 Å². The summed E-state index contributed by atoms with van der Waals surface area (Å²) in [4.78, 5) is 17.6. The second-order valence-electron chi connectivity index (χ2n) is 5.58. The van der Waals surface area contributed by atoms with E-state index in [2.05, 4.69) is 20.9 Å². The molecular formula is C19H19BrN2O3S. The number of nitrogens with zero attached hydrogens (tertiary/aromatic N) is 2. The number of rotatable bonds is 5. The fourth-order valence-corrected chi connectivity index (χ4v) is 4.62. The van der Waals surface area contributed by atoms with Crippen molar-refractivity contribution in [1.82, 2.24) is 4.57 Å². The van der Waals surface area contributed by atoms with Crippen molar-refractivity contribution >= 4 is 43.4 Å². The van der Waals surface area contributed by atoms with Crippen LogP contribution in [0.25, 0.3) is 10.2 Å². The minimum atomic E-state index is -0.210. The number of para-hydroxylation sites is 1. The normalized spacial score (nSPS) is 11.8. The van der Waals surface area contributed by atoms with Gasteiger partial charge >= 0.3 is 0 Å². The molecule has 3 rings (SSSR count). The van der Waals surface area contributed by atoms with Gasteiger partial charge in [-0.2, -0.15) is 4.99 Å². The van der Waals surface area contributed by atoms with Gasteiger partial charge in [-0.05, 0) is 41.1 Å². The summed E-state index contributed by atoms with van der Waals surface area (Å²) < 4.78 is 14.7. The molecule has 7 heteroatoms. The number of benzene rings is 2. The lowest BCUT2D eigenvalue weighted by atomic mass is 10.1. The number of aromatic nitrogens is 1. The Labute approximate surface area is 164 Å². The molecule has 0 unspecified atom stereocenters. The minimum Gasteiger partial charge on any atom is -0.497 e. The predicted molar refractivity (Wildman–Crippen MR) is 107 cm³/mol. The largest absolute Gasteiger partial charge is 0.497 e. The molecule has 2 aromatic carbocycles. The van der Waals surface area contributed by atoms with Crippen molar-refractivity contribution in [2.24, 2.45) is 4.99 Å². The first-order valence-electron chi connectivity index (χ1n) is 8.13.